The summed E-state index contributed by atoms with van der Waals surface area (Å²) in [6.45, 7) is 0. The molecule has 10 heteroatoms. The molecule has 26 heavy (non-hydrogen) atoms. The highest BCUT2D eigenvalue weighted by Crippen LogP contribution is 2.44. The predicted octanol–water partition coefficient (Wildman–Crippen LogP) is 1.34. The highest BCUT2D eigenvalue weighted by Gasteiger charge is 2.46. The van der Waals surface area contributed by atoms with Crippen LogP contribution in [0.25, 0.3) is 21.9 Å². The van der Waals surface area contributed by atoms with E-state index in [0.717, 1.165) is 5.39 Å². The molecule has 1 saturated heterocycles. The summed E-state index contributed by atoms with van der Waals surface area (Å²) in [5, 5.41) is 1.19. The Morgan fingerprint density at radius 1 is 1.23 bits per heavy atom. The number of sulfone groups is 1. The van der Waals surface area contributed by atoms with Crippen LogP contribution in [0, 0.1) is 0 Å². The first-order valence-electron chi connectivity index (χ1n) is 7.99. The second kappa shape index (κ2) is 5.17. The number of H-pyrrole nitrogens is 1. The van der Waals surface area contributed by atoms with E-state index in [2.05, 4.69) is 9.97 Å². The minimum Gasteiger partial charge on any atom is -0.493 e. The summed E-state index contributed by atoms with van der Waals surface area (Å²) in [6.07, 6.45) is 0. The van der Waals surface area contributed by atoms with Crippen molar-refractivity contribution in [2.24, 2.45) is 0 Å². The molecule has 2 aromatic heterocycles. The molecular formula is C16H15N3O5S2. The third-order valence-electron chi connectivity index (χ3n) is 4.98. The molecule has 0 spiro atoms. The molecule has 0 bridgehead atoms. The molecule has 2 unspecified atom stereocenters. The number of hydrogen-bond donors (Lipinski definition) is 1. The van der Waals surface area contributed by atoms with Crippen LogP contribution in [0.2, 0.25) is 0 Å². The van der Waals surface area contributed by atoms with Crippen LogP contribution in [0.15, 0.2) is 22.1 Å². The lowest BCUT2D eigenvalue weighted by Gasteiger charge is -2.09. The molecule has 2 aliphatic heterocycles. The van der Waals surface area contributed by atoms with Gasteiger partial charge >= 0.3 is 0 Å². The van der Waals surface area contributed by atoms with E-state index in [1.54, 1.807) is 26.4 Å². The lowest BCUT2D eigenvalue weighted by atomic mass is 10.2. The van der Waals surface area contributed by atoms with Gasteiger partial charge in [-0.2, -0.15) is 0 Å². The molecule has 5 rings (SSSR count). The number of aromatic nitrogens is 3. The van der Waals surface area contributed by atoms with E-state index in [-0.39, 0.29) is 28.4 Å². The Kier molecular flexibility index (Phi) is 3.18. The van der Waals surface area contributed by atoms with Crippen molar-refractivity contribution in [3.8, 4) is 11.5 Å². The van der Waals surface area contributed by atoms with Crippen LogP contribution >= 0.6 is 11.8 Å². The Bertz CT molecular complexity index is 1240. The molecule has 136 valence electrons. The number of aromatic amines is 1. The van der Waals surface area contributed by atoms with Gasteiger partial charge in [0.25, 0.3) is 5.56 Å². The topological polar surface area (TPSA) is 103 Å². The normalized spacial score (nSPS) is 23.3. The predicted molar refractivity (Wildman–Crippen MR) is 98.3 cm³/mol. The van der Waals surface area contributed by atoms with Gasteiger partial charge in [-0.15, -0.1) is 0 Å². The lowest BCUT2D eigenvalue weighted by Crippen LogP contribution is -2.27. The van der Waals surface area contributed by atoms with Crippen molar-refractivity contribution in [1.29, 1.82) is 0 Å². The van der Waals surface area contributed by atoms with Gasteiger partial charge in [-0.05, 0) is 6.07 Å². The van der Waals surface area contributed by atoms with Crippen LogP contribution < -0.4 is 15.0 Å². The molecule has 2 atom stereocenters. The number of nitrogens with one attached hydrogen (secondary N) is 1. The summed E-state index contributed by atoms with van der Waals surface area (Å²) >= 11 is 1.37. The quantitative estimate of drug-likeness (QED) is 0.655. The van der Waals surface area contributed by atoms with Gasteiger partial charge in [0.15, 0.2) is 26.5 Å². The van der Waals surface area contributed by atoms with Crippen LogP contribution in [0.1, 0.15) is 6.04 Å². The zero-order valence-corrected chi connectivity index (χ0v) is 15.6. The van der Waals surface area contributed by atoms with E-state index in [1.165, 1.54) is 16.3 Å². The Hall–Kier alpha value is -2.20. The zero-order chi connectivity index (χ0) is 18.2. The van der Waals surface area contributed by atoms with Crippen LogP contribution in [0.3, 0.4) is 0 Å². The Morgan fingerprint density at radius 3 is 2.69 bits per heavy atom. The van der Waals surface area contributed by atoms with Crippen molar-refractivity contribution in [3.63, 3.8) is 0 Å². The maximum absolute atomic E-state index is 13.1. The molecule has 0 aliphatic carbocycles. The summed E-state index contributed by atoms with van der Waals surface area (Å²) in [6, 6.07) is 3.21. The van der Waals surface area contributed by atoms with Crippen molar-refractivity contribution in [2.45, 2.75) is 16.4 Å². The van der Waals surface area contributed by atoms with Crippen LogP contribution in [0.4, 0.5) is 0 Å². The molecular weight excluding hydrogens is 378 g/mol. The standard InChI is InChI=1S/C16H15N3O5S2/c1-23-10-3-7-8(4-11(10)24-2)17-14-13(7)18-16-19(15(14)20)9-5-26(21,22)6-12(9)25-16/h3-4,9,12,17H,5-6H2,1-2H3. The molecule has 0 radical (unpaired) electrons. The maximum atomic E-state index is 13.1. The molecule has 3 aromatic rings. The van der Waals surface area contributed by atoms with E-state index < -0.39 is 9.84 Å². The zero-order valence-electron chi connectivity index (χ0n) is 14.0. The number of hydrogen-bond acceptors (Lipinski definition) is 7. The van der Waals surface area contributed by atoms with Crippen LogP contribution in [-0.4, -0.2) is 53.9 Å². The van der Waals surface area contributed by atoms with Gasteiger partial charge in [0.1, 0.15) is 11.0 Å². The van der Waals surface area contributed by atoms with Gasteiger partial charge in [-0.1, -0.05) is 11.8 Å². The molecule has 0 saturated carbocycles. The number of rotatable bonds is 2. The van der Waals surface area contributed by atoms with Gasteiger partial charge in [0.2, 0.25) is 0 Å². The van der Waals surface area contributed by atoms with Crippen LogP contribution in [0.5, 0.6) is 11.5 Å². The molecule has 2 aliphatic rings. The largest absolute Gasteiger partial charge is 0.493 e. The monoisotopic (exact) mass is 393 g/mol. The first-order valence-corrected chi connectivity index (χ1v) is 10.7. The fourth-order valence-corrected chi connectivity index (χ4v) is 7.69. The third kappa shape index (κ3) is 2.05. The first-order chi connectivity index (χ1) is 12.4. The van der Waals surface area contributed by atoms with Crippen molar-refractivity contribution < 1.29 is 17.9 Å². The number of methoxy groups -OCH3 is 2. The first kappa shape index (κ1) is 16.0. The molecule has 1 aromatic carbocycles. The minimum atomic E-state index is -3.11. The highest BCUT2D eigenvalue weighted by atomic mass is 32.2. The molecule has 1 N–H and O–H groups in total. The minimum absolute atomic E-state index is 0.00731. The SMILES string of the molecule is COc1cc2[nH]c3c(=O)n4c(nc3c2cc1OC)SC1CS(=O)(=O)CC14. The average molecular weight is 393 g/mol. The van der Waals surface area contributed by atoms with E-state index in [9.17, 15) is 13.2 Å². The van der Waals surface area contributed by atoms with Gasteiger partial charge in [0, 0.05) is 16.7 Å². The van der Waals surface area contributed by atoms with E-state index in [0.29, 0.717) is 33.2 Å². The number of ether oxygens (including phenoxy) is 2. The van der Waals surface area contributed by atoms with Crippen molar-refractivity contribution in [2.75, 3.05) is 25.7 Å². The van der Waals surface area contributed by atoms with Gasteiger partial charge in [0.05, 0.1) is 37.3 Å². The van der Waals surface area contributed by atoms with Gasteiger partial charge < -0.3 is 14.5 Å². The Labute approximate surface area is 152 Å². The number of thioether (sulfide) groups is 1. The average Bonchev–Trinajstić information content (AvgIpc) is 3.20. The molecule has 1 fully saturated rings. The second-order valence-electron chi connectivity index (χ2n) is 6.47. The van der Waals surface area contributed by atoms with E-state index in [1.807, 2.05) is 0 Å². The third-order valence-corrected chi connectivity index (χ3v) is 8.19. The summed E-state index contributed by atoms with van der Waals surface area (Å²) in [5.41, 5.74) is 1.40. The molecule has 4 heterocycles. The number of fused-ring (bicyclic) bond motifs is 6. The summed E-state index contributed by atoms with van der Waals surface area (Å²) < 4.78 is 36.0. The Balaban J connectivity index is 1.79. The Morgan fingerprint density at radius 2 is 1.96 bits per heavy atom. The summed E-state index contributed by atoms with van der Waals surface area (Å²) in [5.74, 6) is 1.19. The molecule has 0 amide bonds. The van der Waals surface area contributed by atoms with Gasteiger partial charge in [-0.3, -0.25) is 9.36 Å². The van der Waals surface area contributed by atoms with Crippen molar-refractivity contribution >= 4 is 43.5 Å². The number of nitrogens with zero attached hydrogens (tertiary/aromatic N) is 2. The highest BCUT2D eigenvalue weighted by molar-refractivity contribution is 8.02. The second-order valence-corrected chi connectivity index (χ2v) is 9.83. The van der Waals surface area contributed by atoms with Crippen molar-refractivity contribution in [3.05, 3.63) is 22.5 Å². The van der Waals surface area contributed by atoms with Gasteiger partial charge in [-0.25, -0.2) is 13.4 Å². The van der Waals surface area contributed by atoms with E-state index >= 15 is 0 Å². The maximum Gasteiger partial charge on any atom is 0.278 e. The fraction of sp³-hybridized carbons (Fsp3) is 0.375. The van der Waals surface area contributed by atoms with Crippen molar-refractivity contribution in [1.82, 2.24) is 14.5 Å². The summed E-state index contributed by atoms with van der Waals surface area (Å²) in [7, 11) is -0.0139. The fourth-order valence-electron chi connectivity index (χ4n) is 3.80. The van der Waals surface area contributed by atoms with E-state index in [4.69, 9.17) is 9.47 Å². The summed E-state index contributed by atoms with van der Waals surface area (Å²) in [4.78, 5) is 20.9. The molecule has 8 nitrogen and oxygen atoms in total. The lowest BCUT2D eigenvalue weighted by molar-refractivity contribution is 0.356. The number of benzene rings is 1. The van der Waals surface area contributed by atoms with Crippen LogP contribution in [-0.2, 0) is 9.84 Å². The smallest absolute Gasteiger partial charge is 0.278 e.